The van der Waals surface area contributed by atoms with Crippen LogP contribution in [-0.4, -0.2) is 55.5 Å². The molecule has 0 aliphatic carbocycles. The van der Waals surface area contributed by atoms with Gasteiger partial charge in [-0.15, -0.1) is 0 Å². The average molecular weight is 284 g/mol. The molecule has 20 heavy (non-hydrogen) atoms. The molecule has 0 aromatic rings. The lowest BCUT2D eigenvalue weighted by molar-refractivity contribution is 0.0186. The first-order valence-electron chi connectivity index (χ1n) is 7.73. The fourth-order valence-corrected chi connectivity index (χ4v) is 2.71. The fourth-order valence-electron chi connectivity index (χ4n) is 2.71. The van der Waals surface area contributed by atoms with E-state index in [-0.39, 0.29) is 6.09 Å². The SMILES string of the molecule is CC(C)(C)OC(=O)N1CCC[C@H](NCC2CCOC2)C1. The van der Waals surface area contributed by atoms with Gasteiger partial charge in [-0.05, 0) is 46.0 Å². The summed E-state index contributed by atoms with van der Waals surface area (Å²) in [5, 5.41) is 3.58. The quantitative estimate of drug-likeness (QED) is 0.861. The highest BCUT2D eigenvalue weighted by atomic mass is 16.6. The molecule has 5 heteroatoms. The van der Waals surface area contributed by atoms with E-state index in [2.05, 4.69) is 5.32 Å². The molecule has 2 fully saturated rings. The summed E-state index contributed by atoms with van der Waals surface area (Å²) in [6.07, 6.45) is 3.13. The van der Waals surface area contributed by atoms with Crippen molar-refractivity contribution >= 4 is 6.09 Å². The number of nitrogens with zero attached hydrogens (tertiary/aromatic N) is 1. The molecule has 2 heterocycles. The van der Waals surface area contributed by atoms with E-state index in [1.807, 2.05) is 25.7 Å². The van der Waals surface area contributed by atoms with Gasteiger partial charge in [0.1, 0.15) is 5.60 Å². The highest BCUT2D eigenvalue weighted by Gasteiger charge is 2.28. The predicted octanol–water partition coefficient (Wildman–Crippen LogP) is 2.01. The first kappa shape index (κ1) is 15.6. The first-order chi connectivity index (χ1) is 9.44. The van der Waals surface area contributed by atoms with Crippen LogP contribution >= 0.6 is 0 Å². The summed E-state index contributed by atoms with van der Waals surface area (Å²) in [5.74, 6) is 0.631. The molecule has 0 saturated carbocycles. The van der Waals surface area contributed by atoms with Crippen LogP contribution in [0.3, 0.4) is 0 Å². The summed E-state index contributed by atoms with van der Waals surface area (Å²) < 4.78 is 10.8. The van der Waals surface area contributed by atoms with Crippen LogP contribution in [0.5, 0.6) is 0 Å². The lowest BCUT2D eigenvalue weighted by Gasteiger charge is -2.34. The Morgan fingerprint density at radius 2 is 2.20 bits per heavy atom. The summed E-state index contributed by atoms with van der Waals surface area (Å²) in [7, 11) is 0. The molecule has 5 nitrogen and oxygen atoms in total. The van der Waals surface area contributed by atoms with E-state index in [9.17, 15) is 4.79 Å². The molecule has 1 amide bonds. The largest absolute Gasteiger partial charge is 0.444 e. The Kier molecular flexibility index (Phi) is 5.27. The van der Waals surface area contributed by atoms with Gasteiger partial charge >= 0.3 is 6.09 Å². The lowest BCUT2D eigenvalue weighted by atomic mass is 10.0. The number of piperidine rings is 1. The van der Waals surface area contributed by atoms with E-state index in [1.165, 1.54) is 0 Å². The number of amides is 1. The summed E-state index contributed by atoms with van der Waals surface area (Å²) in [4.78, 5) is 13.9. The molecule has 1 N–H and O–H groups in total. The number of rotatable bonds is 3. The van der Waals surface area contributed by atoms with Crippen LogP contribution in [0.2, 0.25) is 0 Å². The Hall–Kier alpha value is -0.810. The molecule has 2 atom stereocenters. The summed E-state index contributed by atoms with van der Waals surface area (Å²) >= 11 is 0. The minimum Gasteiger partial charge on any atom is -0.444 e. The number of hydrogen-bond donors (Lipinski definition) is 1. The number of carbonyl (C=O) groups excluding carboxylic acids is 1. The summed E-state index contributed by atoms with van der Waals surface area (Å²) in [5.41, 5.74) is -0.418. The van der Waals surface area contributed by atoms with Crippen LogP contribution in [0.15, 0.2) is 0 Å². The number of carbonyl (C=O) groups is 1. The molecule has 2 aliphatic rings. The second kappa shape index (κ2) is 6.76. The molecule has 0 radical (unpaired) electrons. The Labute approximate surface area is 122 Å². The van der Waals surface area contributed by atoms with Crippen LogP contribution in [0.25, 0.3) is 0 Å². The number of likely N-dealkylation sites (tertiary alicyclic amines) is 1. The molecule has 2 aliphatic heterocycles. The standard InChI is InChI=1S/C15H28N2O3/c1-15(2,3)20-14(18)17-7-4-5-13(10-17)16-9-12-6-8-19-11-12/h12-13,16H,4-11H2,1-3H3/t12?,13-/m0/s1. The Balaban J connectivity index is 1.74. The van der Waals surface area contributed by atoms with Gasteiger partial charge in [-0.2, -0.15) is 0 Å². The molecule has 0 spiro atoms. The normalized spacial score (nSPS) is 27.6. The van der Waals surface area contributed by atoms with Crippen LogP contribution in [-0.2, 0) is 9.47 Å². The maximum Gasteiger partial charge on any atom is 0.410 e. The topological polar surface area (TPSA) is 50.8 Å². The van der Waals surface area contributed by atoms with Crippen LogP contribution in [0.1, 0.15) is 40.0 Å². The van der Waals surface area contributed by atoms with E-state index in [0.29, 0.717) is 12.0 Å². The number of ether oxygens (including phenoxy) is 2. The molecule has 2 rings (SSSR count). The second-order valence-corrected chi connectivity index (χ2v) is 6.90. The predicted molar refractivity (Wildman–Crippen MR) is 77.8 cm³/mol. The molecule has 2 saturated heterocycles. The van der Waals surface area contributed by atoms with Crippen LogP contribution in [0, 0.1) is 5.92 Å². The molecule has 0 aromatic carbocycles. The highest BCUT2D eigenvalue weighted by molar-refractivity contribution is 5.68. The molecule has 1 unspecified atom stereocenters. The van der Waals surface area contributed by atoms with Gasteiger partial charge in [0.2, 0.25) is 0 Å². The Bertz CT molecular complexity index is 322. The first-order valence-corrected chi connectivity index (χ1v) is 7.73. The van der Waals surface area contributed by atoms with Gasteiger partial charge < -0.3 is 19.7 Å². The summed E-state index contributed by atoms with van der Waals surface area (Å²) in [6, 6.07) is 0.386. The monoisotopic (exact) mass is 284 g/mol. The van der Waals surface area contributed by atoms with Crippen molar-refractivity contribution in [3.63, 3.8) is 0 Å². The maximum absolute atomic E-state index is 12.1. The third kappa shape index (κ3) is 4.94. The average Bonchev–Trinajstić information content (AvgIpc) is 2.88. The van der Waals surface area contributed by atoms with Crippen molar-refractivity contribution in [3.8, 4) is 0 Å². The third-order valence-electron chi connectivity index (χ3n) is 3.79. The van der Waals surface area contributed by atoms with Gasteiger partial charge in [0.05, 0.1) is 6.61 Å². The molecule has 0 aromatic heterocycles. The second-order valence-electron chi connectivity index (χ2n) is 6.90. The van der Waals surface area contributed by atoms with Crippen molar-refractivity contribution in [2.75, 3.05) is 32.8 Å². The van der Waals surface area contributed by atoms with Gasteiger partial charge in [0.15, 0.2) is 0 Å². The zero-order valence-corrected chi connectivity index (χ0v) is 13.0. The molecule has 0 bridgehead atoms. The van der Waals surface area contributed by atoms with Crippen molar-refractivity contribution in [2.45, 2.75) is 51.7 Å². The van der Waals surface area contributed by atoms with Gasteiger partial charge in [0, 0.05) is 32.3 Å². The fraction of sp³-hybridized carbons (Fsp3) is 0.933. The molecule has 116 valence electrons. The van der Waals surface area contributed by atoms with E-state index in [0.717, 1.165) is 52.1 Å². The Morgan fingerprint density at radius 3 is 2.85 bits per heavy atom. The zero-order valence-electron chi connectivity index (χ0n) is 13.0. The van der Waals surface area contributed by atoms with Crippen molar-refractivity contribution < 1.29 is 14.3 Å². The zero-order chi connectivity index (χ0) is 14.6. The number of nitrogens with one attached hydrogen (secondary N) is 1. The van der Waals surface area contributed by atoms with Gasteiger partial charge in [0.25, 0.3) is 0 Å². The van der Waals surface area contributed by atoms with E-state index in [4.69, 9.17) is 9.47 Å². The van der Waals surface area contributed by atoms with Crippen LogP contribution in [0.4, 0.5) is 4.79 Å². The van der Waals surface area contributed by atoms with Crippen molar-refractivity contribution in [3.05, 3.63) is 0 Å². The van der Waals surface area contributed by atoms with E-state index in [1.54, 1.807) is 0 Å². The van der Waals surface area contributed by atoms with Crippen molar-refractivity contribution in [1.82, 2.24) is 10.2 Å². The van der Waals surface area contributed by atoms with Gasteiger partial charge in [-0.1, -0.05) is 0 Å². The van der Waals surface area contributed by atoms with E-state index >= 15 is 0 Å². The molecular weight excluding hydrogens is 256 g/mol. The van der Waals surface area contributed by atoms with Crippen molar-refractivity contribution in [1.29, 1.82) is 0 Å². The number of hydrogen-bond acceptors (Lipinski definition) is 4. The summed E-state index contributed by atoms with van der Waals surface area (Å²) in [6.45, 7) is 10.0. The minimum atomic E-state index is -0.418. The highest BCUT2D eigenvalue weighted by Crippen LogP contribution is 2.16. The van der Waals surface area contributed by atoms with E-state index < -0.39 is 5.60 Å². The Morgan fingerprint density at radius 1 is 1.40 bits per heavy atom. The maximum atomic E-state index is 12.1. The van der Waals surface area contributed by atoms with Gasteiger partial charge in [-0.3, -0.25) is 0 Å². The third-order valence-corrected chi connectivity index (χ3v) is 3.79. The van der Waals surface area contributed by atoms with Gasteiger partial charge in [-0.25, -0.2) is 4.79 Å². The smallest absolute Gasteiger partial charge is 0.410 e. The minimum absolute atomic E-state index is 0.187. The lowest BCUT2D eigenvalue weighted by Crippen LogP contribution is -2.50. The molecular formula is C15H28N2O3. The van der Waals surface area contributed by atoms with Crippen LogP contribution < -0.4 is 5.32 Å². The van der Waals surface area contributed by atoms with Crippen molar-refractivity contribution in [2.24, 2.45) is 5.92 Å².